The predicted octanol–water partition coefficient (Wildman–Crippen LogP) is 2.29. The first-order valence-corrected chi connectivity index (χ1v) is 10.6. The molecule has 0 radical (unpaired) electrons. The fraction of sp³-hybridized carbons (Fsp3) is 0.714. The number of piperidine rings is 1. The lowest BCUT2D eigenvalue weighted by Gasteiger charge is -2.37. The molecule has 2 fully saturated rings. The van der Waals surface area contributed by atoms with Gasteiger partial charge in [0.05, 0.1) is 6.54 Å². The second-order valence-electron chi connectivity index (χ2n) is 7.92. The quantitative estimate of drug-likeness (QED) is 0.635. The van der Waals surface area contributed by atoms with Gasteiger partial charge in [0.15, 0.2) is 5.96 Å². The molecule has 2 saturated heterocycles. The van der Waals surface area contributed by atoms with Crippen LogP contribution in [0.3, 0.4) is 0 Å². The van der Waals surface area contributed by atoms with Crippen LogP contribution in [0.2, 0.25) is 0 Å². The van der Waals surface area contributed by atoms with Gasteiger partial charge in [-0.1, -0.05) is 13.0 Å². The molecule has 0 aromatic carbocycles. The van der Waals surface area contributed by atoms with Crippen molar-refractivity contribution in [2.45, 2.75) is 39.7 Å². The van der Waals surface area contributed by atoms with Crippen LogP contribution in [0.1, 0.15) is 33.6 Å². The van der Waals surface area contributed by atoms with Gasteiger partial charge in [-0.3, -0.25) is 9.89 Å². The minimum atomic E-state index is 0.515. The number of aromatic nitrogens is 1. The largest absolute Gasteiger partial charge is 0.357 e. The highest BCUT2D eigenvalue weighted by Gasteiger charge is 2.22. The first-order valence-electron chi connectivity index (χ1n) is 10.6. The van der Waals surface area contributed by atoms with Crippen LogP contribution >= 0.6 is 0 Å². The zero-order valence-electron chi connectivity index (χ0n) is 17.3. The van der Waals surface area contributed by atoms with Crippen LogP contribution in [0.15, 0.2) is 29.4 Å². The van der Waals surface area contributed by atoms with Gasteiger partial charge in [-0.05, 0) is 57.8 Å². The van der Waals surface area contributed by atoms with Crippen molar-refractivity contribution in [3.05, 3.63) is 24.4 Å². The van der Waals surface area contributed by atoms with Gasteiger partial charge in [-0.25, -0.2) is 4.98 Å². The second kappa shape index (κ2) is 9.93. The minimum absolute atomic E-state index is 0.515. The van der Waals surface area contributed by atoms with Crippen LogP contribution in [0.4, 0.5) is 5.82 Å². The number of piperazine rings is 1. The number of anilines is 1. The van der Waals surface area contributed by atoms with Crippen molar-refractivity contribution in [3.63, 3.8) is 0 Å². The lowest BCUT2D eigenvalue weighted by atomic mass is 9.98. The van der Waals surface area contributed by atoms with Crippen molar-refractivity contribution in [2.75, 3.05) is 57.3 Å². The number of pyridine rings is 1. The summed E-state index contributed by atoms with van der Waals surface area (Å²) in [5.74, 6) is 3.02. The molecule has 3 rings (SSSR count). The molecule has 0 spiro atoms. The molecule has 27 heavy (non-hydrogen) atoms. The zero-order chi connectivity index (χ0) is 19.1. The lowest BCUT2D eigenvalue weighted by Crippen LogP contribution is -2.53. The monoisotopic (exact) mass is 372 g/mol. The van der Waals surface area contributed by atoms with Gasteiger partial charge in [0, 0.05) is 45.0 Å². The van der Waals surface area contributed by atoms with Crippen LogP contribution in [0.25, 0.3) is 0 Å². The van der Waals surface area contributed by atoms with Gasteiger partial charge in [0.1, 0.15) is 5.82 Å². The molecule has 1 aromatic rings. The van der Waals surface area contributed by atoms with Gasteiger partial charge >= 0.3 is 0 Å². The fourth-order valence-corrected chi connectivity index (χ4v) is 3.92. The van der Waals surface area contributed by atoms with E-state index in [9.17, 15) is 0 Å². The van der Waals surface area contributed by atoms with E-state index in [1.54, 1.807) is 0 Å². The Balaban J connectivity index is 1.53. The Morgan fingerprint density at radius 3 is 2.56 bits per heavy atom. The number of likely N-dealkylation sites (tertiary alicyclic amines) is 1. The van der Waals surface area contributed by atoms with Crippen molar-refractivity contribution in [3.8, 4) is 0 Å². The standard InChI is InChI=1S/C21H36N6/c1-4-22-21(24-17-19(3)25-11-8-18(2)9-12-25)27-15-13-26(14-16-27)20-7-5-6-10-23-20/h5-7,10,18-19H,4,8-9,11-17H2,1-3H3,(H,22,24). The van der Waals surface area contributed by atoms with E-state index in [1.165, 1.54) is 25.9 Å². The number of hydrogen-bond donors (Lipinski definition) is 1. The minimum Gasteiger partial charge on any atom is -0.357 e. The predicted molar refractivity (Wildman–Crippen MR) is 113 cm³/mol. The van der Waals surface area contributed by atoms with E-state index in [1.807, 2.05) is 12.3 Å². The third-order valence-electron chi connectivity index (χ3n) is 5.83. The zero-order valence-corrected chi connectivity index (χ0v) is 17.3. The van der Waals surface area contributed by atoms with Gasteiger partial charge in [0.25, 0.3) is 0 Å². The topological polar surface area (TPSA) is 47.0 Å². The van der Waals surface area contributed by atoms with E-state index in [0.717, 1.165) is 57.0 Å². The van der Waals surface area contributed by atoms with Crippen LogP contribution in [-0.4, -0.2) is 79.1 Å². The highest BCUT2D eigenvalue weighted by molar-refractivity contribution is 5.80. The Morgan fingerprint density at radius 2 is 1.93 bits per heavy atom. The maximum Gasteiger partial charge on any atom is 0.194 e. The summed E-state index contributed by atoms with van der Waals surface area (Å²) in [4.78, 5) is 16.8. The Hall–Kier alpha value is -1.82. The van der Waals surface area contributed by atoms with E-state index >= 15 is 0 Å². The Labute approximate surface area is 164 Å². The molecule has 2 aliphatic rings. The molecule has 1 N–H and O–H groups in total. The number of aliphatic imine (C=N–C) groups is 1. The number of hydrogen-bond acceptors (Lipinski definition) is 4. The molecule has 0 amide bonds. The van der Waals surface area contributed by atoms with Crippen molar-refractivity contribution in [2.24, 2.45) is 10.9 Å². The van der Waals surface area contributed by atoms with E-state index in [4.69, 9.17) is 4.99 Å². The summed E-state index contributed by atoms with van der Waals surface area (Å²) in [6, 6.07) is 6.64. The van der Waals surface area contributed by atoms with Crippen molar-refractivity contribution >= 4 is 11.8 Å². The summed E-state index contributed by atoms with van der Waals surface area (Å²) in [7, 11) is 0. The first-order chi connectivity index (χ1) is 13.2. The molecule has 6 heteroatoms. The average Bonchev–Trinajstić information content (AvgIpc) is 2.72. The van der Waals surface area contributed by atoms with Gasteiger partial charge in [-0.15, -0.1) is 0 Å². The molecule has 150 valence electrons. The van der Waals surface area contributed by atoms with Crippen molar-refractivity contribution in [1.82, 2.24) is 20.1 Å². The molecule has 1 atom stereocenters. The number of nitrogens with zero attached hydrogens (tertiary/aromatic N) is 5. The van der Waals surface area contributed by atoms with E-state index < -0.39 is 0 Å². The third kappa shape index (κ3) is 5.58. The summed E-state index contributed by atoms with van der Waals surface area (Å²) in [6.07, 6.45) is 4.52. The summed E-state index contributed by atoms with van der Waals surface area (Å²) in [6.45, 7) is 15.0. The van der Waals surface area contributed by atoms with Gasteiger partial charge < -0.3 is 15.1 Å². The SMILES string of the molecule is CCNC(=NCC(C)N1CCC(C)CC1)N1CCN(c2ccccn2)CC1. The van der Waals surface area contributed by atoms with Crippen LogP contribution < -0.4 is 10.2 Å². The molecular formula is C21H36N6. The molecule has 0 saturated carbocycles. The van der Waals surface area contributed by atoms with E-state index in [-0.39, 0.29) is 0 Å². The van der Waals surface area contributed by atoms with Crippen molar-refractivity contribution < 1.29 is 0 Å². The van der Waals surface area contributed by atoms with E-state index in [0.29, 0.717) is 6.04 Å². The molecule has 6 nitrogen and oxygen atoms in total. The normalized spacial score (nSPS) is 21.4. The molecular weight excluding hydrogens is 336 g/mol. The Bertz CT molecular complexity index is 574. The number of guanidine groups is 1. The van der Waals surface area contributed by atoms with Crippen LogP contribution in [-0.2, 0) is 0 Å². The highest BCUT2D eigenvalue weighted by Crippen LogP contribution is 2.18. The molecule has 0 aliphatic carbocycles. The average molecular weight is 373 g/mol. The third-order valence-corrected chi connectivity index (χ3v) is 5.83. The fourth-order valence-electron chi connectivity index (χ4n) is 3.92. The molecule has 3 heterocycles. The summed E-state index contributed by atoms with van der Waals surface area (Å²) in [5, 5.41) is 3.50. The second-order valence-corrected chi connectivity index (χ2v) is 7.92. The van der Waals surface area contributed by atoms with Crippen LogP contribution in [0, 0.1) is 5.92 Å². The van der Waals surface area contributed by atoms with Crippen LogP contribution in [0.5, 0.6) is 0 Å². The lowest BCUT2D eigenvalue weighted by molar-refractivity contribution is 0.150. The molecule has 2 aliphatic heterocycles. The molecule has 1 unspecified atom stereocenters. The molecule has 0 bridgehead atoms. The maximum absolute atomic E-state index is 4.98. The van der Waals surface area contributed by atoms with Crippen molar-refractivity contribution in [1.29, 1.82) is 0 Å². The maximum atomic E-state index is 4.98. The Morgan fingerprint density at radius 1 is 1.19 bits per heavy atom. The smallest absolute Gasteiger partial charge is 0.194 e. The van der Waals surface area contributed by atoms with E-state index in [2.05, 4.69) is 57.9 Å². The summed E-state index contributed by atoms with van der Waals surface area (Å²) in [5.41, 5.74) is 0. The van der Waals surface area contributed by atoms with Gasteiger partial charge in [0.2, 0.25) is 0 Å². The summed E-state index contributed by atoms with van der Waals surface area (Å²) >= 11 is 0. The number of nitrogens with one attached hydrogen (secondary N) is 1. The highest BCUT2D eigenvalue weighted by atomic mass is 15.4. The number of rotatable bonds is 5. The Kier molecular flexibility index (Phi) is 7.33. The molecule has 1 aromatic heterocycles. The summed E-state index contributed by atoms with van der Waals surface area (Å²) < 4.78 is 0. The van der Waals surface area contributed by atoms with Gasteiger partial charge in [-0.2, -0.15) is 0 Å². The first kappa shape index (κ1) is 19.9.